The van der Waals surface area contributed by atoms with Crippen LogP contribution in [0.2, 0.25) is 0 Å². The Morgan fingerprint density at radius 1 is 1.00 bits per heavy atom. The van der Waals surface area contributed by atoms with Crippen LogP contribution < -0.4 is 5.32 Å². The van der Waals surface area contributed by atoms with E-state index < -0.39 is 10.0 Å². The first-order chi connectivity index (χ1) is 14.4. The average Bonchev–Trinajstić information content (AvgIpc) is 3.03. The highest BCUT2D eigenvalue weighted by Gasteiger charge is 2.24. The second-order valence-corrected chi connectivity index (χ2v) is 9.76. The van der Waals surface area contributed by atoms with Gasteiger partial charge in [0.25, 0.3) is 0 Å². The van der Waals surface area contributed by atoms with Gasteiger partial charge >= 0.3 is 0 Å². The number of nitrogens with zero attached hydrogens (tertiary/aromatic N) is 1. The van der Waals surface area contributed by atoms with Gasteiger partial charge in [0.05, 0.1) is 4.90 Å². The van der Waals surface area contributed by atoms with Crippen LogP contribution in [0.15, 0.2) is 47.4 Å². The summed E-state index contributed by atoms with van der Waals surface area (Å²) in [6.07, 6.45) is 4.80. The highest BCUT2D eigenvalue weighted by Crippen LogP contribution is 2.21. The van der Waals surface area contributed by atoms with E-state index in [9.17, 15) is 17.6 Å². The van der Waals surface area contributed by atoms with Gasteiger partial charge in [-0.15, -0.1) is 0 Å². The zero-order chi connectivity index (χ0) is 21.6. The molecule has 0 saturated carbocycles. The molecule has 5 nitrogen and oxygen atoms in total. The molecule has 0 bridgehead atoms. The maximum atomic E-state index is 13.3. The normalized spacial score (nSPS) is 15.5. The second-order valence-electron chi connectivity index (χ2n) is 7.82. The van der Waals surface area contributed by atoms with E-state index in [1.807, 2.05) is 0 Å². The number of amides is 1. The highest BCUT2D eigenvalue weighted by molar-refractivity contribution is 7.89. The molecule has 162 valence electrons. The lowest BCUT2D eigenvalue weighted by atomic mass is 10.1. The Labute approximate surface area is 178 Å². The molecule has 0 atom stereocenters. The molecule has 1 N–H and O–H groups in total. The van der Waals surface area contributed by atoms with Crippen LogP contribution in [-0.2, 0) is 27.8 Å². The first-order valence-corrected chi connectivity index (χ1v) is 11.9. The molecule has 1 aliphatic rings. The third-order valence-corrected chi connectivity index (χ3v) is 7.39. The molecule has 1 amide bonds. The fourth-order valence-electron chi connectivity index (χ4n) is 3.62. The Kier molecular flexibility index (Phi) is 7.61. The number of aryl methyl sites for hydroxylation is 2. The second kappa shape index (κ2) is 10.2. The number of hydrogen-bond acceptors (Lipinski definition) is 3. The predicted octanol–water partition coefficient (Wildman–Crippen LogP) is 3.95. The van der Waals surface area contributed by atoms with Crippen molar-refractivity contribution in [2.45, 2.75) is 56.9 Å². The van der Waals surface area contributed by atoms with Crippen molar-refractivity contribution in [2.24, 2.45) is 0 Å². The summed E-state index contributed by atoms with van der Waals surface area (Å²) in [6.45, 7) is 3.21. The molecule has 3 rings (SSSR count). The molecule has 2 aromatic rings. The number of nitrogens with one attached hydrogen (secondary N) is 1. The lowest BCUT2D eigenvalue weighted by Crippen LogP contribution is -2.31. The summed E-state index contributed by atoms with van der Waals surface area (Å²) in [5.74, 6) is -0.357. The molecule has 1 saturated heterocycles. The lowest BCUT2D eigenvalue weighted by Gasteiger charge is -2.20. The number of rotatable bonds is 7. The number of carbonyl (C=O) groups excluding carboxylic acids is 1. The molecule has 0 aromatic heterocycles. The Hall–Kier alpha value is -2.25. The van der Waals surface area contributed by atoms with Crippen LogP contribution in [0, 0.1) is 12.7 Å². The molecule has 1 aliphatic heterocycles. The first kappa shape index (κ1) is 22.4. The fraction of sp³-hybridized carbons (Fsp3) is 0.435. The quantitative estimate of drug-likeness (QED) is 0.721. The van der Waals surface area contributed by atoms with Crippen molar-refractivity contribution in [3.8, 4) is 0 Å². The Balaban J connectivity index is 1.51. The largest absolute Gasteiger partial charge is 0.352 e. The van der Waals surface area contributed by atoms with Crippen molar-refractivity contribution in [3.63, 3.8) is 0 Å². The summed E-state index contributed by atoms with van der Waals surface area (Å²) in [6, 6.07) is 11.6. The van der Waals surface area contributed by atoms with Crippen LogP contribution in [0.25, 0.3) is 0 Å². The molecule has 1 heterocycles. The number of benzene rings is 2. The molecular formula is C23H29FN2O3S. The number of hydrogen-bond donors (Lipinski definition) is 1. The van der Waals surface area contributed by atoms with E-state index in [1.54, 1.807) is 47.6 Å². The summed E-state index contributed by atoms with van der Waals surface area (Å²) in [5.41, 5.74) is 2.32. The van der Waals surface area contributed by atoms with Crippen LogP contribution in [-0.4, -0.2) is 31.7 Å². The van der Waals surface area contributed by atoms with Crippen molar-refractivity contribution in [3.05, 3.63) is 65.0 Å². The summed E-state index contributed by atoms with van der Waals surface area (Å²) in [4.78, 5) is 12.4. The molecule has 7 heteroatoms. The maximum absolute atomic E-state index is 13.3. The summed E-state index contributed by atoms with van der Waals surface area (Å²) in [7, 11) is -3.45. The van der Waals surface area contributed by atoms with Gasteiger partial charge in [0.15, 0.2) is 0 Å². The minimum Gasteiger partial charge on any atom is -0.352 e. The molecule has 0 radical (unpaired) electrons. The molecule has 30 heavy (non-hydrogen) atoms. The van der Waals surface area contributed by atoms with Crippen molar-refractivity contribution >= 4 is 15.9 Å². The van der Waals surface area contributed by atoms with Gasteiger partial charge in [-0.05, 0) is 61.1 Å². The molecule has 1 fully saturated rings. The van der Waals surface area contributed by atoms with Gasteiger partial charge < -0.3 is 5.32 Å². The molecular weight excluding hydrogens is 403 g/mol. The van der Waals surface area contributed by atoms with E-state index in [2.05, 4.69) is 5.32 Å². The summed E-state index contributed by atoms with van der Waals surface area (Å²) >= 11 is 0. The van der Waals surface area contributed by atoms with Crippen molar-refractivity contribution in [1.82, 2.24) is 9.62 Å². The topological polar surface area (TPSA) is 66.5 Å². The molecule has 0 unspecified atom stereocenters. The molecule has 0 spiro atoms. The van der Waals surface area contributed by atoms with Gasteiger partial charge in [-0.3, -0.25) is 4.79 Å². The summed E-state index contributed by atoms with van der Waals surface area (Å²) < 4.78 is 40.5. The number of carbonyl (C=O) groups is 1. The molecule has 0 aliphatic carbocycles. The van der Waals surface area contributed by atoms with Crippen LogP contribution in [0.1, 0.15) is 48.8 Å². The number of halogens is 1. The molecule has 2 aromatic carbocycles. The highest BCUT2D eigenvalue weighted by atomic mass is 32.2. The van der Waals surface area contributed by atoms with E-state index in [-0.39, 0.29) is 11.7 Å². The van der Waals surface area contributed by atoms with Gasteiger partial charge in [0.2, 0.25) is 15.9 Å². The van der Waals surface area contributed by atoms with Gasteiger partial charge in [0, 0.05) is 26.1 Å². The SMILES string of the molecule is Cc1cc(CNC(=O)CCc2ccc(S(=O)(=O)N3CCCCCC3)cc2)ccc1F. The average molecular weight is 433 g/mol. The van der Waals surface area contributed by atoms with Crippen LogP contribution in [0.5, 0.6) is 0 Å². The number of sulfonamides is 1. The Bertz CT molecular complexity index is 966. The van der Waals surface area contributed by atoms with E-state index in [0.29, 0.717) is 42.9 Å². The van der Waals surface area contributed by atoms with Crippen molar-refractivity contribution in [1.29, 1.82) is 0 Å². The minimum absolute atomic E-state index is 0.0988. The minimum atomic E-state index is -3.45. The van der Waals surface area contributed by atoms with Gasteiger partial charge in [-0.2, -0.15) is 4.31 Å². The van der Waals surface area contributed by atoms with Crippen LogP contribution >= 0.6 is 0 Å². The zero-order valence-corrected chi connectivity index (χ0v) is 18.2. The van der Waals surface area contributed by atoms with Gasteiger partial charge in [-0.1, -0.05) is 37.1 Å². The Morgan fingerprint density at radius 2 is 1.63 bits per heavy atom. The third kappa shape index (κ3) is 5.89. The van der Waals surface area contributed by atoms with Crippen molar-refractivity contribution in [2.75, 3.05) is 13.1 Å². The van der Waals surface area contributed by atoms with E-state index in [0.717, 1.165) is 36.8 Å². The van der Waals surface area contributed by atoms with Crippen molar-refractivity contribution < 1.29 is 17.6 Å². The first-order valence-electron chi connectivity index (χ1n) is 10.5. The van der Waals surface area contributed by atoms with Crippen LogP contribution in [0.3, 0.4) is 0 Å². The summed E-state index contributed by atoms with van der Waals surface area (Å²) in [5, 5.41) is 2.84. The van der Waals surface area contributed by atoms with E-state index in [4.69, 9.17) is 0 Å². The predicted molar refractivity (Wildman–Crippen MR) is 115 cm³/mol. The fourth-order valence-corrected chi connectivity index (χ4v) is 5.14. The third-order valence-electron chi connectivity index (χ3n) is 5.48. The lowest BCUT2D eigenvalue weighted by molar-refractivity contribution is -0.121. The maximum Gasteiger partial charge on any atom is 0.243 e. The van der Waals surface area contributed by atoms with Gasteiger partial charge in [0.1, 0.15) is 5.82 Å². The van der Waals surface area contributed by atoms with E-state index >= 15 is 0 Å². The smallest absolute Gasteiger partial charge is 0.243 e. The standard InChI is InChI=1S/C23H29FN2O3S/c1-18-16-20(8-12-22(18)24)17-25-23(27)13-9-19-6-10-21(11-7-19)30(28,29)26-14-4-2-3-5-15-26/h6-8,10-12,16H,2-5,9,13-15,17H2,1H3,(H,25,27). The van der Waals surface area contributed by atoms with Crippen LogP contribution in [0.4, 0.5) is 4.39 Å². The monoisotopic (exact) mass is 432 g/mol. The Morgan fingerprint density at radius 3 is 2.27 bits per heavy atom. The van der Waals surface area contributed by atoms with Gasteiger partial charge in [-0.25, -0.2) is 12.8 Å². The van der Waals surface area contributed by atoms with E-state index in [1.165, 1.54) is 6.07 Å². The zero-order valence-electron chi connectivity index (χ0n) is 17.4.